The Bertz CT molecular complexity index is 702. The molecule has 1 unspecified atom stereocenters. The third-order valence-corrected chi connectivity index (χ3v) is 5.52. The van der Waals surface area contributed by atoms with E-state index >= 15 is 0 Å². The van der Waals surface area contributed by atoms with Crippen molar-refractivity contribution in [3.05, 3.63) is 40.0 Å². The number of thiol groups is 1. The van der Waals surface area contributed by atoms with Gasteiger partial charge in [-0.3, -0.25) is 0 Å². The molecule has 136 valence electrons. The van der Waals surface area contributed by atoms with Gasteiger partial charge in [-0.2, -0.15) is 12.6 Å². The zero-order valence-electron chi connectivity index (χ0n) is 16.4. The molecule has 0 amide bonds. The van der Waals surface area contributed by atoms with Crippen molar-refractivity contribution < 1.29 is 0 Å². The van der Waals surface area contributed by atoms with Crippen LogP contribution in [0.3, 0.4) is 0 Å². The molecule has 0 radical (unpaired) electrons. The lowest BCUT2D eigenvalue weighted by Gasteiger charge is -2.23. The maximum absolute atomic E-state index is 4.73. The number of benzene rings is 1. The van der Waals surface area contributed by atoms with Gasteiger partial charge < -0.3 is 5.32 Å². The van der Waals surface area contributed by atoms with Crippen molar-refractivity contribution in [2.75, 3.05) is 11.9 Å². The van der Waals surface area contributed by atoms with Gasteiger partial charge in [-0.15, -0.1) is 0 Å². The molecule has 2 aliphatic carbocycles. The quantitative estimate of drug-likeness (QED) is 0.564. The van der Waals surface area contributed by atoms with Gasteiger partial charge in [-0.1, -0.05) is 36.8 Å². The third-order valence-electron chi connectivity index (χ3n) is 5.36. The topological polar surface area (TPSA) is 12.0 Å². The summed E-state index contributed by atoms with van der Waals surface area (Å²) in [5.41, 5.74) is 8.69. The Morgan fingerprint density at radius 3 is 2.64 bits per heavy atom. The number of fused-ring (bicyclic) bond motifs is 1. The first-order valence-electron chi connectivity index (χ1n) is 9.74. The van der Waals surface area contributed by atoms with Crippen LogP contribution in [0.2, 0.25) is 0 Å². The molecule has 0 spiro atoms. The minimum Gasteiger partial charge on any atom is -0.383 e. The molecule has 1 N–H and O–H groups in total. The first kappa shape index (κ1) is 18.6. The predicted molar refractivity (Wildman–Crippen MR) is 116 cm³/mol. The Balaban J connectivity index is 2.11. The maximum atomic E-state index is 4.73. The van der Waals surface area contributed by atoms with E-state index in [1.165, 1.54) is 59.2 Å². The molecule has 0 saturated heterocycles. The zero-order chi connectivity index (χ0) is 18.2. The number of hydrogen-bond acceptors (Lipinski definition) is 2. The van der Waals surface area contributed by atoms with Crippen molar-refractivity contribution in [1.82, 2.24) is 0 Å². The predicted octanol–water partition coefficient (Wildman–Crippen LogP) is 6.39. The molecule has 0 bridgehead atoms. The van der Waals surface area contributed by atoms with Gasteiger partial charge in [-0.05, 0) is 81.9 Å². The summed E-state index contributed by atoms with van der Waals surface area (Å²) < 4.78 is -0.0276. The smallest absolute Gasteiger partial charge is 0.0455 e. The van der Waals surface area contributed by atoms with E-state index < -0.39 is 0 Å². The fourth-order valence-electron chi connectivity index (χ4n) is 3.90. The summed E-state index contributed by atoms with van der Waals surface area (Å²) >= 11 is 4.73. The van der Waals surface area contributed by atoms with Gasteiger partial charge in [0.15, 0.2) is 0 Å². The Morgan fingerprint density at radius 2 is 2.04 bits per heavy atom. The lowest BCUT2D eigenvalue weighted by Crippen LogP contribution is -2.24. The molecular weight excluding hydrogens is 322 g/mol. The molecule has 0 heterocycles. The van der Waals surface area contributed by atoms with Crippen LogP contribution in [0.1, 0.15) is 69.7 Å². The molecular formula is C23H33NS. The van der Waals surface area contributed by atoms with Gasteiger partial charge in [0.05, 0.1) is 0 Å². The maximum Gasteiger partial charge on any atom is 0.0455 e. The summed E-state index contributed by atoms with van der Waals surface area (Å²) in [4.78, 5) is 0. The van der Waals surface area contributed by atoms with Crippen LogP contribution in [0.15, 0.2) is 17.7 Å². The van der Waals surface area contributed by atoms with Gasteiger partial charge in [0.1, 0.15) is 0 Å². The Labute approximate surface area is 159 Å². The van der Waals surface area contributed by atoms with Crippen molar-refractivity contribution in [2.24, 2.45) is 11.8 Å². The van der Waals surface area contributed by atoms with Crippen LogP contribution in [0.25, 0.3) is 12.2 Å². The van der Waals surface area contributed by atoms with Gasteiger partial charge in [0.25, 0.3) is 0 Å². The lowest BCUT2D eigenvalue weighted by atomic mass is 9.94. The van der Waals surface area contributed by atoms with E-state index in [9.17, 15) is 0 Å². The van der Waals surface area contributed by atoms with E-state index in [1.807, 2.05) is 0 Å². The van der Waals surface area contributed by atoms with E-state index in [0.717, 1.165) is 18.4 Å². The average Bonchev–Trinajstić information content (AvgIpc) is 3.29. The van der Waals surface area contributed by atoms with Gasteiger partial charge in [0.2, 0.25) is 0 Å². The van der Waals surface area contributed by atoms with E-state index in [1.54, 1.807) is 0 Å². The summed E-state index contributed by atoms with van der Waals surface area (Å²) in [5.74, 6) is 1.54. The van der Waals surface area contributed by atoms with Crippen molar-refractivity contribution in [1.29, 1.82) is 0 Å². The molecule has 1 aromatic carbocycles. The summed E-state index contributed by atoms with van der Waals surface area (Å²) in [6.45, 7) is 12.0. The summed E-state index contributed by atoms with van der Waals surface area (Å²) in [6.07, 6.45) is 12.0. The Morgan fingerprint density at radius 1 is 1.32 bits per heavy atom. The molecule has 1 nitrogen and oxygen atoms in total. The SMILES string of the molecule is C/C=C\c1cc2c(c(NCC(C)(C)S)c1/C=C(\C)C1CC1)CC(C)C2. The normalized spacial score (nSPS) is 21.0. The monoisotopic (exact) mass is 355 g/mol. The van der Waals surface area contributed by atoms with Crippen molar-refractivity contribution in [3.63, 3.8) is 0 Å². The highest BCUT2D eigenvalue weighted by Gasteiger charge is 2.27. The summed E-state index contributed by atoms with van der Waals surface area (Å²) in [7, 11) is 0. The van der Waals surface area contributed by atoms with Crippen molar-refractivity contribution in [3.8, 4) is 0 Å². The van der Waals surface area contributed by atoms with Crippen LogP contribution < -0.4 is 5.32 Å². The van der Waals surface area contributed by atoms with Crippen LogP contribution >= 0.6 is 12.6 Å². The zero-order valence-corrected chi connectivity index (χ0v) is 17.3. The Hall–Kier alpha value is -1.15. The van der Waals surface area contributed by atoms with Crippen LogP contribution in [-0.2, 0) is 12.8 Å². The first-order valence-corrected chi connectivity index (χ1v) is 10.2. The molecule has 2 heteroatoms. The lowest BCUT2D eigenvalue weighted by molar-refractivity contribution is 0.628. The molecule has 1 atom stereocenters. The highest BCUT2D eigenvalue weighted by Crippen LogP contribution is 2.42. The molecule has 25 heavy (non-hydrogen) atoms. The van der Waals surface area contributed by atoms with Crippen LogP contribution in [0.4, 0.5) is 5.69 Å². The molecule has 1 aromatic rings. The van der Waals surface area contributed by atoms with E-state index in [0.29, 0.717) is 0 Å². The minimum atomic E-state index is -0.0276. The average molecular weight is 356 g/mol. The molecule has 3 rings (SSSR count). The highest BCUT2D eigenvalue weighted by molar-refractivity contribution is 7.81. The number of anilines is 1. The highest BCUT2D eigenvalue weighted by atomic mass is 32.1. The number of nitrogens with one attached hydrogen (secondary N) is 1. The fourth-order valence-corrected chi connectivity index (χ4v) is 3.97. The van der Waals surface area contributed by atoms with Crippen molar-refractivity contribution in [2.45, 2.75) is 65.0 Å². The van der Waals surface area contributed by atoms with E-state index in [2.05, 4.69) is 64.2 Å². The van der Waals surface area contributed by atoms with Crippen LogP contribution in [0, 0.1) is 11.8 Å². The minimum absolute atomic E-state index is 0.0276. The third kappa shape index (κ3) is 4.53. The molecule has 1 fully saturated rings. The van der Waals surface area contributed by atoms with E-state index in [4.69, 9.17) is 12.6 Å². The van der Waals surface area contributed by atoms with Crippen LogP contribution in [-0.4, -0.2) is 11.3 Å². The van der Waals surface area contributed by atoms with Gasteiger partial charge in [0, 0.05) is 22.5 Å². The molecule has 1 saturated carbocycles. The van der Waals surface area contributed by atoms with Crippen molar-refractivity contribution >= 4 is 30.5 Å². The Kier molecular flexibility index (Phi) is 5.39. The van der Waals surface area contributed by atoms with Crippen LogP contribution in [0.5, 0.6) is 0 Å². The summed E-state index contributed by atoms with van der Waals surface area (Å²) in [6, 6.07) is 2.43. The second-order valence-electron chi connectivity index (χ2n) is 8.73. The standard InChI is InChI=1S/C23H33NS/c1-6-7-18-13-19-10-15(2)11-20(19)22(24-14-23(4,5)25)21(18)12-16(3)17-8-9-17/h6-7,12-13,15,17,24-25H,8-11,14H2,1-5H3/b7-6-,16-12+. The second-order valence-corrected chi connectivity index (χ2v) is 9.94. The van der Waals surface area contributed by atoms with Gasteiger partial charge >= 0.3 is 0 Å². The first-order chi connectivity index (χ1) is 11.8. The van der Waals surface area contributed by atoms with Gasteiger partial charge in [-0.25, -0.2) is 0 Å². The second kappa shape index (κ2) is 7.23. The molecule has 0 aromatic heterocycles. The van der Waals surface area contributed by atoms with E-state index in [-0.39, 0.29) is 4.75 Å². The molecule has 2 aliphatic rings. The number of rotatable bonds is 6. The number of hydrogen-bond donors (Lipinski definition) is 2. The summed E-state index contributed by atoms with van der Waals surface area (Å²) in [5, 5.41) is 3.78. The fraction of sp³-hybridized carbons (Fsp3) is 0.565. The molecule has 0 aliphatic heterocycles. The largest absolute Gasteiger partial charge is 0.383 e. The number of allylic oxidation sites excluding steroid dienone is 2.